The van der Waals surface area contributed by atoms with Crippen LogP contribution >= 0.6 is 11.3 Å². The molecule has 0 radical (unpaired) electrons. The highest BCUT2D eigenvalue weighted by Crippen LogP contribution is 2.33. The smallest absolute Gasteiger partial charge is 0.206 e. The second kappa shape index (κ2) is 9.53. The summed E-state index contributed by atoms with van der Waals surface area (Å²) in [6.45, 7) is 4.22. The van der Waals surface area contributed by atoms with Gasteiger partial charge in [-0.05, 0) is 35.9 Å². The van der Waals surface area contributed by atoms with Crippen molar-refractivity contribution in [2.45, 2.75) is 0 Å². The van der Waals surface area contributed by atoms with Crippen LogP contribution in [0.1, 0.15) is 11.1 Å². The first-order valence-corrected chi connectivity index (χ1v) is 9.67. The molecule has 0 amide bonds. The highest BCUT2D eigenvalue weighted by Gasteiger charge is 2.14. The van der Waals surface area contributed by atoms with E-state index in [4.69, 9.17) is 14.7 Å². The maximum absolute atomic E-state index is 8.95. The summed E-state index contributed by atoms with van der Waals surface area (Å²) < 4.78 is 12.7. The first kappa shape index (κ1) is 20.1. The number of nitriles is 1. The minimum absolute atomic E-state index is 0.488. The molecule has 146 valence electrons. The number of nitrogens with zero attached hydrogens (tertiary/aromatic N) is 4. The van der Waals surface area contributed by atoms with Crippen LogP contribution in [-0.4, -0.2) is 31.7 Å². The van der Waals surface area contributed by atoms with Gasteiger partial charge in [0.1, 0.15) is 11.5 Å². The van der Waals surface area contributed by atoms with Gasteiger partial charge >= 0.3 is 0 Å². The number of aromatic nitrogens is 1. The summed E-state index contributed by atoms with van der Waals surface area (Å²) in [7, 11) is 3.26. The normalized spacial score (nSPS) is 11.4. The van der Waals surface area contributed by atoms with Crippen LogP contribution in [0.25, 0.3) is 11.3 Å². The molecular weight excluding hydrogens is 384 g/mol. The molecule has 3 rings (SSSR count). The Balaban J connectivity index is 2.12. The lowest BCUT2D eigenvalue weighted by Gasteiger charge is -2.11. The zero-order chi connectivity index (χ0) is 20.6. The molecule has 1 aromatic heterocycles. The second-order valence-electron chi connectivity index (χ2n) is 5.89. The molecule has 0 fully saturated rings. The highest BCUT2D eigenvalue weighted by atomic mass is 32.1. The van der Waals surface area contributed by atoms with E-state index in [1.807, 2.05) is 35.7 Å². The Kier molecular flexibility index (Phi) is 6.61. The molecule has 0 bridgehead atoms. The van der Waals surface area contributed by atoms with E-state index >= 15 is 0 Å². The Morgan fingerprint density at radius 2 is 1.97 bits per heavy atom. The minimum Gasteiger partial charge on any atom is -0.497 e. The molecule has 7 heteroatoms. The molecule has 0 aliphatic heterocycles. The molecule has 0 spiro atoms. The summed E-state index contributed by atoms with van der Waals surface area (Å²) in [4.78, 5) is 5.27. The number of methoxy groups -OCH3 is 2. The Hall–Kier alpha value is -3.63. The van der Waals surface area contributed by atoms with Gasteiger partial charge in [-0.1, -0.05) is 18.2 Å². The van der Waals surface area contributed by atoms with Crippen LogP contribution in [0.15, 0.2) is 70.6 Å². The van der Waals surface area contributed by atoms with E-state index in [2.05, 4.69) is 22.7 Å². The molecule has 0 saturated heterocycles. The van der Waals surface area contributed by atoms with Gasteiger partial charge in [0.25, 0.3) is 0 Å². The van der Waals surface area contributed by atoms with Gasteiger partial charge in [-0.2, -0.15) is 10.4 Å². The fourth-order valence-electron chi connectivity index (χ4n) is 2.63. The fourth-order valence-corrected chi connectivity index (χ4v) is 3.47. The predicted molar refractivity (Wildman–Crippen MR) is 116 cm³/mol. The van der Waals surface area contributed by atoms with E-state index in [9.17, 15) is 0 Å². The monoisotopic (exact) mass is 404 g/mol. The van der Waals surface area contributed by atoms with Crippen LogP contribution in [0.2, 0.25) is 0 Å². The maximum Gasteiger partial charge on any atom is 0.206 e. The van der Waals surface area contributed by atoms with Crippen LogP contribution in [-0.2, 0) is 0 Å². The van der Waals surface area contributed by atoms with Crippen molar-refractivity contribution in [3.63, 3.8) is 0 Å². The molecule has 0 N–H and O–H groups in total. The van der Waals surface area contributed by atoms with Gasteiger partial charge < -0.3 is 9.47 Å². The quantitative estimate of drug-likeness (QED) is 0.440. The van der Waals surface area contributed by atoms with Crippen LogP contribution in [0, 0.1) is 11.3 Å². The number of thiazole rings is 1. The van der Waals surface area contributed by atoms with E-state index in [0.717, 1.165) is 27.4 Å². The van der Waals surface area contributed by atoms with E-state index in [0.29, 0.717) is 17.9 Å². The third kappa shape index (κ3) is 4.62. The van der Waals surface area contributed by atoms with Gasteiger partial charge in [-0.15, -0.1) is 17.9 Å². The summed E-state index contributed by atoms with van der Waals surface area (Å²) in [5.74, 6) is 1.43. The number of hydrogen-bond donors (Lipinski definition) is 0. The molecule has 0 aliphatic carbocycles. The summed E-state index contributed by atoms with van der Waals surface area (Å²) >= 11 is 1.48. The number of ether oxygens (including phenoxy) is 2. The van der Waals surface area contributed by atoms with Crippen molar-refractivity contribution >= 4 is 17.6 Å². The molecule has 2 aromatic carbocycles. The van der Waals surface area contributed by atoms with E-state index in [-0.39, 0.29) is 0 Å². The van der Waals surface area contributed by atoms with Crippen molar-refractivity contribution in [1.82, 2.24) is 4.68 Å². The number of hydrogen-bond acceptors (Lipinski definition) is 6. The lowest BCUT2D eigenvalue weighted by Crippen LogP contribution is -2.12. The Labute approximate surface area is 173 Å². The van der Waals surface area contributed by atoms with Crippen molar-refractivity contribution in [3.8, 4) is 28.8 Å². The van der Waals surface area contributed by atoms with Crippen LogP contribution in [0.5, 0.6) is 11.5 Å². The molecule has 0 atom stereocenters. The average Bonchev–Trinajstić information content (AvgIpc) is 3.18. The predicted octanol–water partition coefficient (Wildman–Crippen LogP) is 4.07. The third-order valence-electron chi connectivity index (χ3n) is 4.09. The fraction of sp³-hybridized carbons (Fsp3) is 0.136. The molecule has 3 aromatic rings. The summed E-state index contributed by atoms with van der Waals surface area (Å²) in [5.41, 5.74) is 3.16. The zero-order valence-corrected chi connectivity index (χ0v) is 17.0. The van der Waals surface area contributed by atoms with E-state index in [1.165, 1.54) is 11.3 Å². The summed E-state index contributed by atoms with van der Waals surface area (Å²) in [5, 5.41) is 15.6. The topological polar surface area (TPSA) is 71.9 Å². The molecular formula is C22H20N4O2S. The lowest BCUT2D eigenvalue weighted by molar-refractivity contribution is 0.404. The molecule has 1 heterocycles. The van der Waals surface area contributed by atoms with Gasteiger partial charge in [0.05, 0.1) is 44.3 Å². The Morgan fingerprint density at radius 3 is 2.62 bits per heavy atom. The van der Waals surface area contributed by atoms with Gasteiger partial charge in [0, 0.05) is 10.9 Å². The van der Waals surface area contributed by atoms with Crippen molar-refractivity contribution in [1.29, 1.82) is 5.26 Å². The van der Waals surface area contributed by atoms with E-state index in [1.54, 1.807) is 43.3 Å². The number of rotatable bonds is 7. The molecule has 0 aliphatic rings. The van der Waals surface area contributed by atoms with Crippen LogP contribution in [0.4, 0.5) is 0 Å². The first-order valence-electron chi connectivity index (χ1n) is 8.79. The summed E-state index contributed by atoms with van der Waals surface area (Å²) in [6.07, 6.45) is 3.47. The number of benzene rings is 2. The van der Waals surface area contributed by atoms with Crippen LogP contribution in [0.3, 0.4) is 0 Å². The van der Waals surface area contributed by atoms with Crippen molar-refractivity contribution in [2.24, 2.45) is 10.1 Å². The molecule has 6 nitrogen and oxygen atoms in total. The molecule has 0 unspecified atom stereocenters. The first-order chi connectivity index (χ1) is 14.2. The lowest BCUT2D eigenvalue weighted by atomic mass is 10.1. The van der Waals surface area contributed by atoms with Crippen molar-refractivity contribution in [3.05, 3.63) is 76.4 Å². The third-order valence-corrected chi connectivity index (χ3v) is 4.94. The van der Waals surface area contributed by atoms with Gasteiger partial charge in [0.15, 0.2) is 0 Å². The van der Waals surface area contributed by atoms with Gasteiger partial charge in [0.2, 0.25) is 4.80 Å². The van der Waals surface area contributed by atoms with Gasteiger partial charge in [-0.25, -0.2) is 4.68 Å². The van der Waals surface area contributed by atoms with Gasteiger partial charge in [-0.3, -0.25) is 4.99 Å². The Morgan fingerprint density at radius 1 is 1.17 bits per heavy atom. The standard InChI is InChI=1S/C22H20N4O2S/c1-4-11-24-22-26(25-14-17-7-5-16(13-23)6-8-17)20(15-29-22)19-12-18(27-2)9-10-21(19)28-3/h4-10,12,14-15H,1,11H2,2-3H3. The molecule has 29 heavy (non-hydrogen) atoms. The average molecular weight is 404 g/mol. The molecule has 0 saturated carbocycles. The van der Waals surface area contributed by atoms with Crippen molar-refractivity contribution in [2.75, 3.05) is 20.8 Å². The summed E-state index contributed by atoms with van der Waals surface area (Å²) in [6, 6.07) is 14.9. The maximum atomic E-state index is 8.95. The van der Waals surface area contributed by atoms with E-state index < -0.39 is 0 Å². The second-order valence-corrected chi connectivity index (χ2v) is 6.73. The SMILES string of the molecule is C=CCN=c1scc(-c2cc(OC)ccc2OC)n1N=Cc1ccc(C#N)cc1. The van der Waals surface area contributed by atoms with Crippen LogP contribution < -0.4 is 14.3 Å². The minimum atomic E-state index is 0.488. The zero-order valence-electron chi connectivity index (χ0n) is 16.2. The largest absolute Gasteiger partial charge is 0.497 e. The van der Waals surface area contributed by atoms with Crippen molar-refractivity contribution < 1.29 is 9.47 Å². The highest BCUT2D eigenvalue weighted by molar-refractivity contribution is 7.07. The Bertz CT molecular complexity index is 1130.